The lowest BCUT2D eigenvalue weighted by atomic mass is 10.1. The highest BCUT2D eigenvalue weighted by Gasteiger charge is 2.19. The molecular weight excluding hydrogens is 673 g/mol. The van der Waals surface area contributed by atoms with Gasteiger partial charge in [-0.25, -0.2) is 0 Å². The number of ether oxygens (including phenoxy) is 3. The molecule has 0 aromatic rings. The Hall–Kier alpha value is -2.37. The van der Waals surface area contributed by atoms with Crippen LogP contribution in [-0.2, 0) is 28.6 Å². The fourth-order valence-electron chi connectivity index (χ4n) is 6.46. The van der Waals surface area contributed by atoms with Crippen LogP contribution >= 0.6 is 0 Å². The Morgan fingerprint density at radius 1 is 0.389 bits per heavy atom. The van der Waals surface area contributed by atoms with Gasteiger partial charge in [-0.1, -0.05) is 198 Å². The van der Waals surface area contributed by atoms with E-state index in [0.29, 0.717) is 19.3 Å². The van der Waals surface area contributed by atoms with Gasteiger partial charge in [0.25, 0.3) is 0 Å². The summed E-state index contributed by atoms with van der Waals surface area (Å²) in [5.74, 6) is -0.883. The highest BCUT2D eigenvalue weighted by Crippen LogP contribution is 2.14. The molecule has 0 spiro atoms. The molecule has 54 heavy (non-hydrogen) atoms. The summed E-state index contributed by atoms with van der Waals surface area (Å²) in [5, 5.41) is 0. The second-order valence-electron chi connectivity index (χ2n) is 15.3. The van der Waals surface area contributed by atoms with E-state index in [1.165, 1.54) is 109 Å². The van der Waals surface area contributed by atoms with E-state index in [-0.39, 0.29) is 31.1 Å². The number of carbonyl (C=O) groups excluding carboxylic acids is 3. The lowest BCUT2D eigenvalue weighted by Crippen LogP contribution is -2.30. The zero-order valence-electron chi connectivity index (χ0n) is 35.7. The van der Waals surface area contributed by atoms with Crippen molar-refractivity contribution in [2.24, 2.45) is 0 Å². The van der Waals surface area contributed by atoms with Crippen molar-refractivity contribution in [1.29, 1.82) is 0 Å². The highest BCUT2D eigenvalue weighted by atomic mass is 16.6. The van der Waals surface area contributed by atoms with E-state index in [2.05, 4.69) is 57.2 Å². The van der Waals surface area contributed by atoms with Crippen molar-refractivity contribution in [1.82, 2.24) is 0 Å². The third kappa shape index (κ3) is 40.8. The van der Waals surface area contributed by atoms with Gasteiger partial charge in [-0.2, -0.15) is 0 Å². The van der Waals surface area contributed by atoms with E-state index in [1.807, 2.05) is 0 Å². The average molecular weight is 759 g/mol. The summed E-state index contributed by atoms with van der Waals surface area (Å²) in [5.41, 5.74) is 0. The topological polar surface area (TPSA) is 78.9 Å². The van der Waals surface area contributed by atoms with Crippen molar-refractivity contribution in [2.45, 2.75) is 239 Å². The highest BCUT2D eigenvalue weighted by molar-refractivity contribution is 5.71. The standard InChI is InChI=1S/C48H86O6/c1-4-7-10-13-16-19-21-22-23-24-25-26-27-30-32-35-38-41-47(50)53-44-45(43-52-46(49)40-37-34-31-28-18-15-12-9-6-3)54-48(51)42-39-36-33-29-20-17-14-11-8-5-2/h7,10,16,19,22-23,45H,4-6,8-9,11-15,17-18,20-21,24-44H2,1-3H3/b10-7-,19-16-,23-22-. The van der Waals surface area contributed by atoms with Gasteiger partial charge in [-0.05, 0) is 51.4 Å². The Kier molecular flexibility index (Phi) is 41.5. The molecule has 6 heteroatoms. The van der Waals surface area contributed by atoms with Gasteiger partial charge in [0.2, 0.25) is 0 Å². The predicted molar refractivity (Wildman–Crippen MR) is 229 cm³/mol. The maximum Gasteiger partial charge on any atom is 0.306 e. The summed E-state index contributed by atoms with van der Waals surface area (Å²) in [6.45, 7) is 6.49. The molecule has 0 aliphatic carbocycles. The number of unbranched alkanes of at least 4 members (excludes halogenated alkanes) is 24. The molecule has 0 N–H and O–H groups in total. The molecule has 1 unspecified atom stereocenters. The lowest BCUT2D eigenvalue weighted by Gasteiger charge is -2.18. The Morgan fingerprint density at radius 3 is 1.13 bits per heavy atom. The number of hydrogen-bond donors (Lipinski definition) is 0. The third-order valence-corrected chi connectivity index (χ3v) is 9.91. The molecule has 0 saturated carbocycles. The zero-order valence-corrected chi connectivity index (χ0v) is 35.7. The molecule has 0 aromatic heterocycles. The first kappa shape index (κ1) is 51.6. The van der Waals surface area contributed by atoms with E-state index in [0.717, 1.165) is 83.5 Å². The molecular formula is C48H86O6. The van der Waals surface area contributed by atoms with Crippen LogP contribution in [0, 0.1) is 0 Å². The van der Waals surface area contributed by atoms with Crippen LogP contribution in [0.1, 0.15) is 233 Å². The fourth-order valence-corrected chi connectivity index (χ4v) is 6.46. The number of carbonyl (C=O) groups is 3. The van der Waals surface area contributed by atoms with E-state index >= 15 is 0 Å². The quantitative estimate of drug-likeness (QED) is 0.0267. The van der Waals surface area contributed by atoms with E-state index < -0.39 is 6.10 Å². The smallest absolute Gasteiger partial charge is 0.306 e. The van der Waals surface area contributed by atoms with Gasteiger partial charge in [0, 0.05) is 19.3 Å². The fraction of sp³-hybridized carbons (Fsp3) is 0.812. The normalized spacial score (nSPS) is 12.3. The maximum absolute atomic E-state index is 12.7. The van der Waals surface area contributed by atoms with E-state index in [1.54, 1.807) is 0 Å². The minimum Gasteiger partial charge on any atom is -0.462 e. The van der Waals surface area contributed by atoms with Crippen LogP contribution in [0.15, 0.2) is 36.5 Å². The third-order valence-electron chi connectivity index (χ3n) is 9.91. The van der Waals surface area contributed by atoms with Crippen molar-refractivity contribution in [3.63, 3.8) is 0 Å². The molecule has 0 amide bonds. The van der Waals surface area contributed by atoms with Crippen LogP contribution in [0.4, 0.5) is 0 Å². The molecule has 0 radical (unpaired) electrons. The van der Waals surface area contributed by atoms with Crippen molar-refractivity contribution in [3.8, 4) is 0 Å². The minimum absolute atomic E-state index is 0.0723. The number of allylic oxidation sites excluding steroid dienone is 6. The molecule has 0 saturated heterocycles. The summed E-state index contributed by atoms with van der Waals surface area (Å²) >= 11 is 0. The van der Waals surface area contributed by atoms with Crippen molar-refractivity contribution >= 4 is 17.9 Å². The van der Waals surface area contributed by atoms with Gasteiger partial charge in [0.05, 0.1) is 0 Å². The molecule has 0 rings (SSSR count). The molecule has 0 aliphatic heterocycles. The Bertz CT molecular complexity index is 922. The summed E-state index contributed by atoms with van der Waals surface area (Å²) < 4.78 is 16.7. The van der Waals surface area contributed by atoms with Gasteiger partial charge in [-0.15, -0.1) is 0 Å². The predicted octanol–water partition coefficient (Wildman–Crippen LogP) is 14.6. The minimum atomic E-state index is -0.768. The molecule has 314 valence electrons. The lowest BCUT2D eigenvalue weighted by molar-refractivity contribution is -0.167. The van der Waals surface area contributed by atoms with E-state index in [4.69, 9.17) is 14.2 Å². The summed E-state index contributed by atoms with van der Waals surface area (Å²) in [6.07, 6.45) is 48.4. The largest absolute Gasteiger partial charge is 0.462 e. The Labute approximate surface area is 334 Å². The number of rotatable bonds is 41. The second-order valence-corrected chi connectivity index (χ2v) is 15.3. The van der Waals surface area contributed by atoms with Gasteiger partial charge < -0.3 is 14.2 Å². The first-order valence-electron chi connectivity index (χ1n) is 23.0. The van der Waals surface area contributed by atoms with E-state index in [9.17, 15) is 14.4 Å². The number of hydrogen-bond acceptors (Lipinski definition) is 6. The summed E-state index contributed by atoms with van der Waals surface area (Å²) in [4.78, 5) is 37.6. The first-order valence-corrected chi connectivity index (χ1v) is 23.0. The molecule has 0 fully saturated rings. The molecule has 0 heterocycles. The van der Waals surface area contributed by atoms with Crippen LogP contribution < -0.4 is 0 Å². The SMILES string of the molecule is CC/C=C\C/C=C\C/C=C\CCCCCCCCCC(=O)OCC(COC(=O)CCCCCCCCCCC)OC(=O)CCCCCCCCCCCC. The monoisotopic (exact) mass is 759 g/mol. The Morgan fingerprint density at radius 2 is 0.722 bits per heavy atom. The molecule has 0 aromatic carbocycles. The van der Waals surface area contributed by atoms with Gasteiger partial charge in [0.1, 0.15) is 13.2 Å². The van der Waals surface area contributed by atoms with Crippen LogP contribution in [0.25, 0.3) is 0 Å². The van der Waals surface area contributed by atoms with Crippen molar-refractivity contribution in [3.05, 3.63) is 36.5 Å². The summed E-state index contributed by atoms with van der Waals surface area (Å²) in [7, 11) is 0. The Balaban J connectivity index is 4.30. The molecule has 0 bridgehead atoms. The molecule has 6 nitrogen and oxygen atoms in total. The maximum atomic E-state index is 12.7. The van der Waals surface area contributed by atoms with Gasteiger partial charge >= 0.3 is 17.9 Å². The van der Waals surface area contributed by atoms with Crippen LogP contribution in [0.2, 0.25) is 0 Å². The van der Waals surface area contributed by atoms with Gasteiger partial charge in [-0.3, -0.25) is 14.4 Å². The molecule has 0 aliphatic rings. The number of esters is 3. The van der Waals surface area contributed by atoms with Crippen LogP contribution in [-0.4, -0.2) is 37.2 Å². The zero-order chi connectivity index (χ0) is 39.4. The molecule has 1 atom stereocenters. The second kappa shape index (κ2) is 43.4. The summed E-state index contributed by atoms with van der Waals surface area (Å²) in [6, 6.07) is 0. The van der Waals surface area contributed by atoms with Crippen LogP contribution in [0.3, 0.4) is 0 Å². The van der Waals surface area contributed by atoms with Crippen LogP contribution in [0.5, 0.6) is 0 Å². The first-order chi connectivity index (χ1) is 26.5. The average Bonchev–Trinajstić information content (AvgIpc) is 3.17. The van der Waals surface area contributed by atoms with Crippen molar-refractivity contribution in [2.75, 3.05) is 13.2 Å². The van der Waals surface area contributed by atoms with Crippen molar-refractivity contribution < 1.29 is 28.6 Å². The van der Waals surface area contributed by atoms with Gasteiger partial charge in [0.15, 0.2) is 6.10 Å².